The largest absolute Gasteiger partial charge is 0.345 e. The average molecular weight is 414 g/mol. The maximum atomic E-state index is 12.4. The second kappa shape index (κ2) is 7.27. The summed E-state index contributed by atoms with van der Waals surface area (Å²) < 4.78 is 1.11. The van der Waals surface area contributed by atoms with E-state index in [9.17, 15) is 4.79 Å². The minimum atomic E-state index is -0.0555. The van der Waals surface area contributed by atoms with Crippen molar-refractivity contribution in [1.82, 2.24) is 5.32 Å². The predicted octanol–water partition coefficient (Wildman–Crippen LogP) is 5.07. The van der Waals surface area contributed by atoms with Crippen LogP contribution in [0.1, 0.15) is 35.8 Å². The Morgan fingerprint density at radius 2 is 1.62 bits per heavy atom. The summed E-state index contributed by atoms with van der Waals surface area (Å²) in [5.41, 5.74) is 1.74. The Morgan fingerprint density at radius 1 is 1.05 bits per heavy atom. The molecule has 0 saturated heterocycles. The molecular weight excluding hydrogens is 397 g/mol. The van der Waals surface area contributed by atoms with Crippen LogP contribution < -0.4 is 5.32 Å². The van der Waals surface area contributed by atoms with Crippen LogP contribution >= 0.6 is 34.2 Å². The van der Waals surface area contributed by atoms with Gasteiger partial charge in [0.1, 0.15) is 0 Å². The molecule has 1 unspecified atom stereocenters. The van der Waals surface area contributed by atoms with Crippen LogP contribution in [-0.2, 0) is 0 Å². The highest BCUT2D eigenvalue weighted by atomic mass is 127. The van der Waals surface area contributed by atoms with Crippen molar-refractivity contribution >= 4 is 40.1 Å². The van der Waals surface area contributed by atoms with Crippen molar-refractivity contribution in [3.63, 3.8) is 0 Å². The Morgan fingerprint density at radius 3 is 2.14 bits per heavy atom. The maximum Gasteiger partial charge on any atom is 0.251 e. The monoisotopic (exact) mass is 413 g/mol. The lowest BCUT2D eigenvalue weighted by molar-refractivity contribution is 0.0925. The molecule has 2 rings (SSSR count). The highest BCUT2D eigenvalue weighted by Gasteiger charge is 2.19. The summed E-state index contributed by atoms with van der Waals surface area (Å²) in [7, 11) is 0. The first-order valence-corrected chi connectivity index (χ1v) is 8.25. The fourth-order valence-electron chi connectivity index (χ4n) is 2.13. The van der Waals surface area contributed by atoms with E-state index >= 15 is 0 Å². The minimum Gasteiger partial charge on any atom is -0.345 e. The van der Waals surface area contributed by atoms with Crippen LogP contribution in [0.25, 0.3) is 0 Å². The maximum absolute atomic E-state index is 12.4. The Hall–Kier alpha value is -1.07. The lowest BCUT2D eigenvalue weighted by atomic mass is 9.95. The number of carbonyl (C=O) groups excluding carboxylic acids is 1. The van der Waals surface area contributed by atoms with Gasteiger partial charge in [0, 0.05) is 14.2 Å². The topological polar surface area (TPSA) is 29.1 Å². The van der Waals surface area contributed by atoms with Crippen molar-refractivity contribution < 1.29 is 4.79 Å². The molecule has 2 nitrogen and oxygen atoms in total. The van der Waals surface area contributed by atoms with Gasteiger partial charge in [-0.1, -0.05) is 37.6 Å². The molecule has 0 heterocycles. The first-order chi connectivity index (χ1) is 9.97. The third kappa shape index (κ3) is 4.45. The predicted molar refractivity (Wildman–Crippen MR) is 95.7 cm³/mol. The fourth-order valence-corrected chi connectivity index (χ4v) is 2.62. The summed E-state index contributed by atoms with van der Waals surface area (Å²) in [6.07, 6.45) is 0. The molecule has 2 aromatic rings. The van der Waals surface area contributed by atoms with E-state index in [0.29, 0.717) is 16.5 Å². The zero-order chi connectivity index (χ0) is 15.4. The number of halogens is 2. The van der Waals surface area contributed by atoms with Gasteiger partial charge in [0.2, 0.25) is 0 Å². The highest BCUT2D eigenvalue weighted by molar-refractivity contribution is 14.1. The number of carbonyl (C=O) groups is 1. The van der Waals surface area contributed by atoms with Crippen molar-refractivity contribution in [1.29, 1.82) is 0 Å². The molecule has 0 aliphatic carbocycles. The zero-order valence-electron chi connectivity index (χ0n) is 11.9. The van der Waals surface area contributed by atoms with Crippen molar-refractivity contribution in [3.8, 4) is 0 Å². The van der Waals surface area contributed by atoms with Crippen molar-refractivity contribution in [2.45, 2.75) is 19.9 Å². The van der Waals surface area contributed by atoms with Gasteiger partial charge in [-0.3, -0.25) is 4.79 Å². The minimum absolute atomic E-state index is 0.0333. The van der Waals surface area contributed by atoms with E-state index in [-0.39, 0.29) is 11.9 Å². The summed E-state index contributed by atoms with van der Waals surface area (Å²) in [5, 5.41) is 3.80. The van der Waals surface area contributed by atoms with Crippen LogP contribution in [0.2, 0.25) is 5.02 Å². The molecule has 0 spiro atoms. The van der Waals surface area contributed by atoms with Crippen LogP contribution in [0.4, 0.5) is 0 Å². The highest BCUT2D eigenvalue weighted by Crippen LogP contribution is 2.23. The lowest BCUT2D eigenvalue weighted by Gasteiger charge is -2.23. The molecule has 4 heteroatoms. The quantitative estimate of drug-likeness (QED) is 0.697. The molecule has 0 aliphatic rings. The number of nitrogens with one attached hydrogen (secondary N) is 1. The molecule has 0 radical (unpaired) electrons. The van der Waals surface area contributed by atoms with E-state index < -0.39 is 0 Å². The van der Waals surface area contributed by atoms with Gasteiger partial charge < -0.3 is 5.32 Å². The molecule has 0 saturated carbocycles. The van der Waals surface area contributed by atoms with Crippen LogP contribution in [0.5, 0.6) is 0 Å². The molecule has 0 bridgehead atoms. The van der Waals surface area contributed by atoms with Gasteiger partial charge >= 0.3 is 0 Å². The van der Waals surface area contributed by atoms with Gasteiger partial charge in [0.25, 0.3) is 5.91 Å². The molecule has 1 atom stereocenters. The smallest absolute Gasteiger partial charge is 0.251 e. The molecule has 21 heavy (non-hydrogen) atoms. The standard InChI is InChI=1S/C17H17ClINO/c1-11(2)16(12-3-7-14(18)8-4-12)20-17(21)13-5-9-15(19)10-6-13/h3-11,16H,1-2H3,(H,20,21). The van der Waals surface area contributed by atoms with E-state index in [1.54, 1.807) is 0 Å². The fraction of sp³-hybridized carbons (Fsp3) is 0.235. The normalized spacial score (nSPS) is 12.2. The van der Waals surface area contributed by atoms with Crippen LogP contribution in [0, 0.1) is 9.49 Å². The van der Waals surface area contributed by atoms with Gasteiger partial charge in [-0.05, 0) is 70.5 Å². The SMILES string of the molecule is CC(C)C(NC(=O)c1ccc(I)cc1)c1ccc(Cl)cc1. The number of amides is 1. The van der Waals surface area contributed by atoms with E-state index in [4.69, 9.17) is 11.6 Å². The summed E-state index contributed by atoms with van der Waals surface area (Å²) >= 11 is 8.15. The molecule has 110 valence electrons. The Bertz CT molecular complexity index is 608. The summed E-state index contributed by atoms with van der Waals surface area (Å²) in [5.74, 6) is 0.235. The van der Waals surface area contributed by atoms with E-state index in [1.807, 2.05) is 48.5 Å². The Kier molecular flexibility index (Phi) is 5.65. The van der Waals surface area contributed by atoms with E-state index in [2.05, 4.69) is 41.8 Å². The Labute approximate surface area is 144 Å². The number of hydrogen-bond acceptors (Lipinski definition) is 1. The van der Waals surface area contributed by atoms with Gasteiger partial charge in [0.05, 0.1) is 6.04 Å². The average Bonchev–Trinajstić information content (AvgIpc) is 2.46. The molecule has 1 amide bonds. The van der Waals surface area contributed by atoms with E-state index in [0.717, 1.165) is 9.13 Å². The third-order valence-corrected chi connectivity index (χ3v) is 4.26. The molecular formula is C17H17ClINO. The van der Waals surface area contributed by atoms with Gasteiger partial charge in [-0.2, -0.15) is 0 Å². The second-order valence-corrected chi connectivity index (χ2v) is 6.94. The molecule has 2 aromatic carbocycles. The molecule has 0 aromatic heterocycles. The molecule has 0 fully saturated rings. The number of hydrogen-bond donors (Lipinski definition) is 1. The summed E-state index contributed by atoms with van der Waals surface area (Å²) in [4.78, 5) is 12.4. The van der Waals surface area contributed by atoms with Gasteiger partial charge in [0.15, 0.2) is 0 Å². The van der Waals surface area contributed by atoms with Gasteiger partial charge in [-0.15, -0.1) is 0 Å². The number of rotatable bonds is 4. The molecule has 1 N–H and O–H groups in total. The Balaban J connectivity index is 2.18. The van der Waals surface area contributed by atoms with Gasteiger partial charge in [-0.25, -0.2) is 0 Å². The first kappa shape index (κ1) is 16.3. The van der Waals surface area contributed by atoms with Crippen LogP contribution in [-0.4, -0.2) is 5.91 Å². The third-order valence-electron chi connectivity index (χ3n) is 3.29. The lowest BCUT2D eigenvalue weighted by Crippen LogP contribution is -2.31. The van der Waals surface area contributed by atoms with Crippen molar-refractivity contribution in [2.24, 2.45) is 5.92 Å². The van der Waals surface area contributed by atoms with Crippen molar-refractivity contribution in [2.75, 3.05) is 0 Å². The van der Waals surface area contributed by atoms with Crippen molar-refractivity contribution in [3.05, 3.63) is 68.3 Å². The van der Waals surface area contributed by atoms with Crippen LogP contribution in [0.3, 0.4) is 0 Å². The summed E-state index contributed by atoms with van der Waals surface area (Å²) in [6.45, 7) is 4.18. The zero-order valence-corrected chi connectivity index (χ0v) is 14.9. The van der Waals surface area contributed by atoms with E-state index in [1.165, 1.54) is 0 Å². The number of benzene rings is 2. The molecule has 0 aliphatic heterocycles. The second-order valence-electron chi connectivity index (χ2n) is 5.25. The summed E-state index contributed by atoms with van der Waals surface area (Å²) in [6, 6.07) is 15.1. The first-order valence-electron chi connectivity index (χ1n) is 6.79. The van der Waals surface area contributed by atoms with Crippen LogP contribution in [0.15, 0.2) is 48.5 Å².